The zero-order valence-corrected chi connectivity index (χ0v) is 18.8. The van der Waals surface area contributed by atoms with Crippen molar-refractivity contribution in [3.05, 3.63) is 72.3 Å². The van der Waals surface area contributed by atoms with Crippen LogP contribution in [0.15, 0.2) is 66.7 Å². The summed E-state index contributed by atoms with van der Waals surface area (Å²) in [6, 6.07) is 14.7. The number of imide groups is 1. The van der Waals surface area contributed by atoms with Gasteiger partial charge < -0.3 is 14.8 Å². The molecule has 2 aromatic rings. The normalized spacial score (nSPS) is 20.0. The molecule has 3 amide bonds. The van der Waals surface area contributed by atoms with Gasteiger partial charge in [0.15, 0.2) is 6.61 Å². The van der Waals surface area contributed by atoms with Crippen LogP contribution >= 0.6 is 0 Å². The third-order valence-corrected chi connectivity index (χ3v) is 6.10. The lowest BCUT2D eigenvalue weighted by atomic mass is 9.85. The van der Waals surface area contributed by atoms with Gasteiger partial charge in [-0.2, -0.15) is 0 Å². The van der Waals surface area contributed by atoms with E-state index in [1.165, 1.54) is 7.11 Å². The second kappa shape index (κ2) is 10.3. The summed E-state index contributed by atoms with van der Waals surface area (Å²) in [5.74, 6) is -2.41. The second-order valence-electron chi connectivity index (χ2n) is 8.30. The van der Waals surface area contributed by atoms with E-state index in [4.69, 9.17) is 9.47 Å². The number of fused-ring (bicyclic) bond motifs is 1. The van der Waals surface area contributed by atoms with E-state index >= 15 is 0 Å². The predicted octanol–water partition coefficient (Wildman–Crippen LogP) is 2.74. The number of nitrogens with one attached hydrogen (secondary N) is 1. The maximum absolute atomic E-state index is 13.1. The molecule has 8 nitrogen and oxygen atoms in total. The molecule has 3 atom stereocenters. The minimum atomic E-state index is -1.14. The Kier molecular flexibility index (Phi) is 7.06. The van der Waals surface area contributed by atoms with E-state index < -0.39 is 36.4 Å². The first-order valence-electron chi connectivity index (χ1n) is 11.1. The van der Waals surface area contributed by atoms with Gasteiger partial charge in [-0.25, -0.2) is 4.79 Å². The minimum Gasteiger partial charge on any atom is -0.497 e. The Bertz CT molecular complexity index is 1090. The lowest BCUT2D eigenvalue weighted by Gasteiger charge is -2.25. The average Bonchev–Trinajstić information content (AvgIpc) is 3.11. The Morgan fingerprint density at radius 2 is 1.68 bits per heavy atom. The van der Waals surface area contributed by atoms with Crippen LogP contribution in [0.5, 0.6) is 5.75 Å². The molecule has 1 saturated heterocycles. The summed E-state index contributed by atoms with van der Waals surface area (Å²) < 4.78 is 10.4. The number of ether oxygens (including phenoxy) is 2. The molecule has 0 spiro atoms. The summed E-state index contributed by atoms with van der Waals surface area (Å²) in [5, 5.41) is 2.64. The number of nitrogens with zero attached hydrogens (tertiary/aromatic N) is 1. The van der Waals surface area contributed by atoms with E-state index in [9.17, 15) is 19.2 Å². The number of rotatable bonds is 8. The van der Waals surface area contributed by atoms with Gasteiger partial charge in [-0.3, -0.25) is 19.3 Å². The Morgan fingerprint density at radius 3 is 2.32 bits per heavy atom. The topological polar surface area (TPSA) is 102 Å². The molecule has 1 fully saturated rings. The number of amides is 3. The first kappa shape index (κ1) is 23.2. The largest absolute Gasteiger partial charge is 0.497 e. The number of benzene rings is 2. The van der Waals surface area contributed by atoms with Gasteiger partial charge in [0, 0.05) is 18.2 Å². The maximum atomic E-state index is 13.1. The van der Waals surface area contributed by atoms with Crippen molar-refractivity contribution in [1.29, 1.82) is 0 Å². The van der Waals surface area contributed by atoms with Crippen molar-refractivity contribution < 1.29 is 28.7 Å². The third kappa shape index (κ3) is 5.01. The van der Waals surface area contributed by atoms with Gasteiger partial charge in [-0.15, -0.1) is 0 Å². The number of esters is 1. The highest BCUT2D eigenvalue weighted by atomic mass is 16.5. The molecule has 8 heteroatoms. The molecule has 0 saturated carbocycles. The van der Waals surface area contributed by atoms with Gasteiger partial charge in [0.25, 0.3) is 5.91 Å². The summed E-state index contributed by atoms with van der Waals surface area (Å²) >= 11 is 0. The van der Waals surface area contributed by atoms with Crippen LogP contribution < -0.4 is 10.1 Å². The van der Waals surface area contributed by atoms with Crippen LogP contribution in [0.25, 0.3) is 0 Å². The van der Waals surface area contributed by atoms with E-state index in [1.54, 1.807) is 24.3 Å². The summed E-state index contributed by atoms with van der Waals surface area (Å²) in [6.45, 7) is -0.550. The highest BCUT2D eigenvalue weighted by molar-refractivity contribution is 6.08. The molecular formula is C26H26N2O6. The molecule has 1 aliphatic carbocycles. The zero-order chi connectivity index (χ0) is 24.1. The summed E-state index contributed by atoms with van der Waals surface area (Å²) in [5.41, 5.74) is 1.27. The molecule has 0 bridgehead atoms. The molecule has 1 aliphatic heterocycles. The zero-order valence-electron chi connectivity index (χ0n) is 18.8. The molecule has 2 aliphatic rings. The SMILES string of the molecule is COc1cccc(NC(=O)COC(=O)[C@@H](Cc2ccccc2)N2C(=O)[C@H]3CC=CC[C@H]3C2=O)c1. The number of carbonyl (C=O) groups excluding carboxylic acids is 4. The highest BCUT2D eigenvalue weighted by Crippen LogP contribution is 2.36. The van der Waals surface area contributed by atoms with Crippen LogP contribution in [0, 0.1) is 11.8 Å². The van der Waals surface area contributed by atoms with Crippen LogP contribution in [0.1, 0.15) is 18.4 Å². The molecule has 1 N–H and O–H groups in total. The Hall–Kier alpha value is -3.94. The van der Waals surface area contributed by atoms with Crippen molar-refractivity contribution in [2.75, 3.05) is 19.0 Å². The molecule has 34 heavy (non-hydrogen) atoms. The number of hydrogen-bond acceptors (Lipinski definition) is 6. The average molecular weight is 463 g/mol. The Balaban J connectivity index is 1.47. The van der Waals surface area contributed by atoms with Gasteiger partial charge in [0.2, 0.25) is 11.8 Å². The van der Waals surface area contributed by atoms with Crippen molar-refractivity contribution in [1.82, 2.24) is 4.90 Å². The minimum absolute atomic E-state index is 0.113. The number of anilines is 1. The number of methoxy groups -OCH3 is 1. The van der Waals surface area contributed by atoms with E-state index in [-0.39, 0.29) is 18.2 Å². The van der Waals surface area contributed by atoms with Crippen molar-refractivity contribution in [3.63, 3.8) is 0 Å². The number of allylic oxidation sites excluding steroid dienone is 2. The van der Waals surface area contributed by atoms with Crippen LogP contribution in [-0.2, 0) is 30.3 Å². The van der Waals surface area contributed by atoms with E-state index in [2.05, 4.69) is 5.32 Å². The summed E-state index contributed by atoms with van der Waals surface area (Å²) in [4.78, 5) is 52.7. The Labute approximate surface area is 197 Å². The van der Waals surface area contributed by atoms with E-state index in [1.807, 2.05) is 42.5 Å². The monoisotopic (exact) mass is 462 g/mol. The third-order valence-electron chi connectivity index (χ3n) is 6.10. The molecule has 4 rings (SSSR count). The summed E-state index contributed by atoms with van der Waals surface area (Å²) in [6.07, 6.45) is 4.84. The van der Waals surface area contributed by atoms with Gasteiger partial charge in [0.1, 0.15) is 11.8 Å². The van der Waals surface area contributed by atoms with Gasteiger partial charge in [-0.05, 0) is 30.5 Å². The van der Waals surface area contributed by atoms with Gasteiger partial charge >= 0.3 is 5.97 Å². The summed E-state index contributed by atoms with van der Waals surface area (Å²) in [7, 11) is 1.52. The Morgan fingerprint density at radius 1 is 1.00 bits per heavy atom. The van der Waals surface area contributed by atoms with Gasteiger partial charge in [-0.1, -0.05) is 48.6 Å². The van der Waals surface area contributed by atoms with E-state index in [0.29, 0.717) is 24.3 Å². The molecule has 0 aromatic heterocycles. The van der Waals surface area contributed by atoms with Crippen LogP contribution in [0.3, 0.4) is 0 Å². The van der Waals surface area contributed by atoms with E-state index in [0.717, 1.165) is 10.5 Å². The smallest absolute Gasteiger partial charge is 0.330 e. The fourth-order valence-corrected chi connectivity index (χ4v) is 4.38. The number of likely N-dealkylation sites (tertiary alicyclic amines) is 1. The lowest BCUT2D eigenvalue weighted by molar-refractivity contribution is -0.159. The molecule has 0 radical (unpaired) electrons. The highest BCUT2D eigenvalue weighted by Gasteiger charge is 2.51. The van der Waals surface area contributed by atoms with Crippen molar-refractivity contribution in [3.8, 4) is 5.75 Å². The molecule has 2 aromatic carbocycles. The quantitative estimate of drug-likeness (QED) is 0.368. The van der Waals surface area contributed by atoms with Crippen LogP contribution in [0.4, 0.5) is 5.69 Å². The molecular weight excluding hydrogens is 436 g/mol. The second-order valence-corrected chi connectivity index (χ2v) is 8.30. The standard InChI is InChI=1S/C26H26N2O6/c1-33-19-11-7-10-18(15-19)27-23(29)16-34-26(32)22(14-17-8-3-2-4-9-17)28-24(30)20-12-5-6-13-21(20)25(28)31/h2-11,15,20-22H,12-14,16H2,1H3,(H,27,29)/t20-,21+,22-/m1/s1. The van der Waals surface area contributed by atoms with Crippen molar-refractivity contribution in [2.45, 2.75) is 25.3 Å². The van der Waals surface area contributed by atoms with Crippen LogP contribution in [0.2, 0.25) is 0 Å². The molecule has 176 valence electrons. The maximum Gasteiger partial charge on any atom is 0.330 e. The van der Waals surface area contributed by atoms with Gasteiger partial charge in [0.05, 0.1) is 18.9 Å². The first-order valence-corrected chi connectivity index (χ1v) is 11.1. The van der Waals surface area contributed by atoms with Crippen LogP contribution in [-0.4, -0.2) is 48.3 Å². The molecule has 1 heterocycles. The fourth-order valence-electron chi connectivity index (χ4n) is 4.38. The predicted molar refractivity (Wildman–Crippen MR) is 124 cm³/mol. The van der Waals surface area contributed by atoms with Crippen molar-refractivity contribution in [2.24, 2.45) is 11.8 Å². The lowest BCUT2D eigenvalue weighted by Crippen LogP contribution is -2.48. The number of hydrogen-bond donors (Lipinski definition) is 1. The number of carbonyl (C=O) groups is 4. The first-order chi connectivity index (χ1) is 16.5. The molecule has 0 unspecified atom stereocenters. The fraction of sp³-hybridized carbons (Fsp3) is 0.308. The van der Waals surface area contributed by atoms with Crippen molar-refractivity contribution >= 4 is 29.4 Å².